The summed E-state index contributed by atoms with van der Waals surface area (Å²) in [6.07, 6.45) is 7.68. The first-order valence-electron chi connectivity index (χ1n) is 7.80. The Labute approximate surface area is 163 Å². The van der Waals surface area contributed by atoms with Crippen LogP contribution in [0, 0.1) is 0 Å². The zero-order valence-electron chi connectivity index (χ0n) is 13.2. The molecule has 1 amide bonds. The summed E-state index contributed by atoms with van der Waals surface area (Å²) >= 11 is 0. The molecule has 0 saturated heterocycles. The number of carbonyl (C=O) groups excluding carboxylic acids is 1. The van der Waals surface area contributed by atoms with Crippen molar-refractivity contribution in [2.45, 2.75) is 58.4 Å². The van der Waals surface area contributed by atoms with Crippen molar-refractivity contribution in [3.63, 3.8) is 0 Å². The molecule has 1 rings (SSSR count). The van der Waals surface area contributed by atoms with E-state index in [2.05, 4.69) is 12.2 Å². The first-order chi connectivity index (χ1) is 10.2. The van der Waals surface area contributed by atoms with Crippen LogP contribution in [0.3, 0.4) is 0 Å². The molecule has 1 aromatic carbocycles. The standard InChI is InChI=1S/C17H27NO3.Ca.2H/c1-3-4-5-6-7-8-9-17(20)18-13-14-10-11-15(19)16(12-14)21-2;;;/h10-12,19H,3-9,13H2,1-2H3,(H,18,20);;;. The number of nitrogens with one attached hydrogen (secondary N) is 1. The second-order valence-electron chi connectivity index (χ2n) is 5.30. The van der Waals surface area contributed by atoms with Crippen LogP contribution in [0.15, 0.2) is 18.2 Å². The van der Waals surface area contributed by atoms with Gasteiger partial charge in [0.05, 0.1) is 7.11 Å². The fourth-order valence-corrected chi connectivity index (χ4v) is 2.19. The van der Waals surface area contributed by atoms with E-state index in [1.54, 1.807) is 18.2 Å². The monoisotopic (exact) mass is 335 g/mol. The van der Waals surface area contributed by atoms with Crippen molar-refractivity contribution in [1.82, 2.24) is 5.32 Å². The summed E-state index contributed by atoms with van der Waals surface area (Å²) < 4.78 is 5.04. The summed E-state index contributed by atoms with van der Waals surface area (Å²) in [4.78, 5) is 11.7. The number of methoxy groups -OCH3 is 1. The van der Waals surface area contributed by atoms with Gasteiger partial charge in [-0.1, -0.05) is 45.1 Å². The summed E-state index contributed by atoms with van der Waals surface area (Å²) in [5.41, 5.74) is 0.918. The van der Waals surface area contributed by atoms with Crippen molar-refractivity contribution < 1.29 is 14.6 Å². The molecule has 0 radical (unpaired) electrons. The molecule has 1 aromatic rings. The molecule has 0 heterocycles. The Morgan fingerprint density at radius 1 is 1.18 bits per heavy atom. The van der Waals surface area contributed by atoms with Gasteiger partial charge in [0.1, 0.15) is 0 Å². The van der Waals surface area contributed by atoms with Crippen molar-refractivity contribution in [2.24, 2.45) is 0 Å². The number of hydrogen-bond donors (Lipinski definition) is 2. The number of amides is 1. The fraction of sp³-hybridized carbons (Fsp3) is 0.588. The Kier molecular flexibility index (Phi) is 12.8. The number of carbonyl (C=O) groups is 1. The normalized spacial score (nSPS) is 9.91. The molecule has 0 aliphatic heterocycles. The number of hydrogen-bond acceptors (Lipinski definition) is 3. The number of rotatable bonds is 10. The van der Waals surface area contributed by atoms with Crippen LogP contribution in [0.1, 0.15) is 57.4 Å². The molecule has 0 fully saturated rings. The van der Waals surface area contributed by atoms with Crippen molar-refractivity contribution in [3.05, 3.63) is 23.8 Å². The zero-order valence-corrected chi connectivity index (χ0v) is 13.2. The quantitative estimate of drug-likeness (QED) is 0.511. The third kappa shape index (κ3) is 8.86. The number of phenolic OH excluding ortho intramolecular Hbond substituents is 1. The van der Waals surface area contributed by atoms with Gasteiger partial charge in [-0.15, -0.1) is 0 Å². The van der Waals surface area contributed by atoms with Crippen LogP contribution in [0.25, 0.3) is 0 Å². The van der Waals surface area contributed by atoms with Crippen LogP contribution in [-0.4, -0.2) is 55.9 Å². The Morgan fingerprint density at radius 3 is 2.55 bits per heavy atom. The van der Waals surface area contributed by atoms with Gasteiger partial charge in [0, 0.05) is 13.0 Å². The number of benzene rings is 1. The van der Waals surface area contributed by atoms with Crippen molar-refractivity contribution >= 4 is 43.6 Å². The van der Waals surface area contributed by atoms with Gasteiger partial charge in [-0.3, -0.25) is 4.79 Å². The van der Waals surface area contributed by atoms with Gasteiger partial charge in [-0.25, -0.2) is 0 Å². The Morgan fingerprint density at radius 2 is 1.86 bits per heavy atom. The molecule has 5 heteroatoms. The van der Waals surface area contributed by atoms with Crippen LogP contribution in [0.4, 0.5) is 0 Å². The third-order valence-electron chi connectivity index (χ3n) is 3.49. The predicted molar refractivity (Wildman–Crippen MR) is 93.0 cm³/mol. The number of unbranched alkanes of at least 4 members (excludes halogenated alkanes) is 5. The topological polar surface area (TPSA) is 58.6 Å². The van der Waals surface area contributed by atoms with Gasteiger partial charge in [0.25, 0.3) is 0 Å². The molecule has 0 unspecified atom stereocenters. The second kappa shape index (κ2) is 13.0. The minimum atomic E-state index is 0. The third-order valence-corrected chi connectivity index (χ3v) is 3.49. The maximum absolute atomic E-state index is 11.7. The first kappa shape index (κ1) is 21.5. The zero-order chi connectivity index (χ0) is 15.5. The molecule has 22 heavy (non-hydrogen) atoms. The Hall–Kier alpha value is -0.450. The molecule has 0 bridgehead atoms. The molecule has 0 saturated carbocycles. The van der Waals surface area contributed by atoms with E-state index in [-0.39, 0.29) is 49.4 Å². The Balaban J connectivity index is 0.00000441. The van der Waals surface area contributed by atoms with Gasteiger partial charge in [0.15, 0.2) is 11.5 Å². The molecule has 0 spiro atoms. The fourth-order valence-electron chi connectivity index (χ4n) is 2.19. The van der Waals surface area contributed by atoms with Crippen LogP contribution >= 0.6 is 0 Å². The van der Waals surface area contributed by atoms with Crippen molar-refractivity contribution in [1.29, 1.82) is 0 Å². The molecule has 0 aliphatic carbocycles. The van der Waals surface area contributed by atoms with E-state index >= 15 is 0 Å². The molecule has 0 atom stereocenters. The van der Waals surface area contributed by atoms with Gasteiger partial charge in [-0.2, -0.15) is 0 Å². The summed E-state index contributed by atoms with van der Waals surface area (Å²) in [6.45, 7) is 2.66. The van der Waals surface area contributed by atoms with E-state index < -0.39 is 0 Å². The van der Waals surface area contributed by atoms with Gasteiger partial charge in [-0.05, 0) is 24.1 Å². The van der Waals surface area contributed by atoms with Crippen molar-refractivity contribution in [3.8, 4) is 11.5 Å². The second-order valence-corrected chi connectivity index (χ2v) is 5.30. The average molecular weight is 336 g/mol. The van der Waals surface area contributed by atoms with E-state index in [0.717, 1.165) is 18.4 Å². The van der Waals surface area contributed by atoms with Gasteiger partial charge >= 0.3 is 37.7 Å². The summed E-state index contributed by atoms with van der Waals surface area (Å²) in [5, 5.41) is 12.4. The molecule has 2 N–H and O–H groups in total. The number of ether oxygens (including phenoxy) is 1. The first-order valence-corrected chi connectivity index (χ1v) is 7.80. The van der Waals surface area contributed by atoms with E-state index in [1.165, 1.54) is 32.8 Å². The van der Waals surface area contributed by atoms with E-state index in [4.69, 9.17) is 4.74 Å². The van der Waals surface area contributed by atoms with Crippen molar-refractivity contribution in [2.75, 3.05) is 7.11 Å². The van der Waals surface area contributed by atoms with Crippen LogP contribution in [0.5, 0.6) is 11.5 Å². The van der Waals surface area contributed by atoms with Gasteiger partial charge in [0.2, 0.25) is 5.91 Å². The summed E-state index contributed by atoms with van der Waals surface area (Å²) in [6, 6.07) is 5.09. The number of phenols is 1. The maximum atomic E-state index is 11.7. The van der Waals surface area contributed by atoms with Crippen LogP contribution < -0.4 is 10.1 Å². The molecule has 0 aromatic heterocycles. The summed E-state index contributed by atoms with van der Waals surface area (Å²) in [7, 11) is 1.51. The Bertz CT molecular complexity index is 438. The predicted octanol–water partition coefficient (Wildman–Crippen LogP) is 2.85. The van der Waals surface area contributed by atoms with E-state index in [1.807, 2.05) is 0 Å². The molecule has 0 aliphatic rings. The molecule has 4 nitrogen and oxygen atoms in total. The molecule has 122 valence electrons. The van der Waals surface area contributed by atoms with E-state index in [9.17, 15) is 9.90 Å². The van der Waals surface area contributed by atoms with Crippen LogP contribution in [-0.2, 0) is 11.3 Å². The minimum absolute atomic E-state index is 0. The average Bonchev–Trinajstić information content (AvgIpc) is 2.50. The van der Waals surface area contributed by atoms with Gasteiger partial charge < -0.3 is 15.2 Å². The molecular formula is C17H29CaNO3. The number of aromatic hydroxyl groups is 1. The summed E-state index contributed by atoms with van der Waals surface area (Å²) in [5.74, 6) is 0.620. The SMILES string of the molecule is CCCCCCCCC(=O)NCc1ccc(O)c(OC)c1.[CaH2]. The molecular weight excluding hydrogens is 306 g/mol. The van der Waals surface area contributed by atoms with E-state index in [0.29, 0.717) is 18.7 Å². The van der Waals surface area contributed by atoms with Crippen LogP contribution in [0.2, 0.25) is 0 Å².